The van der Waals surface area contributed by atoms with Crippen LogP contribution in [0, 0.1) is 5.41 Å². The second-order valence-corrected chi connectivity index (χ2v) is 6.97. The predicted octanol–water partition coefficient (Wildman–Crippen LogP) is 3.01. The molecule has 2 rings (SSSR count). The average Bonchev–Trinajstić information content (AvgIpc) is 2.50. The third kappa shape index (κ3) is 4.77. The SMILES string of the molecule is CC(C)(COCCO)Cc1nnc(-c2cccc(Cl)c2Cl)c(N)n1. The molecule has 0 fully saturated rings. The van der Waals surface area contributed by atoms with Crippen molar-refractivity contribution in [2.24, 2.45) is 5.41 Å². The highest BCUT2D eigenvalue weighted by molar-refractivity contribution is 6.43. The Balaban J connectivity index is 2.19. The van der Waals surface area contributed by atoms with Crippen LogP contribution in [-0.2, 0) is 11.2 Å². The summed E-state index contributed by atoms with van der Waals surface area (Å²) in [4.78, 5) is 4.33. The summed E-state index contributed by atoms with van der Waals surface area (Å²) < 4.78 is 5.38. The number of rotatable bonds is 7. The lowest BCUT2D eigenvalue weighted by molar-refractivity contribution is 0.0387. The molecule has 24 heavy (non-hydrogen) atoms. The van der Waals surface area contributed by atoms with Crippen molar-refractivity contribution in [2.75, 3.05) is 25.6 Å². The van der Waals surface area contributed by atoms with E-state index in [9.17, 15) is 0 Å². The summed E-state index contributed by atoms with van der Waals surface area (Å²) in [6.07, 6.45) is 0.541. The summed E-state index contributed by atoms with van der Waals surface area (Å²) >= 11 is 12.2. The molecule has 1 heterocycles. The van der Waals surface area contributed by atoms with Crippen LogP contribution in [0.4, 0.5) is 5.82 Å². The van der Waals surface area contributed by atoms with Gasteiger partial charge in [-0.15, -0.1) is 10.2 Å². The normalized spacial score (nSPS) is 11.7. The minimum absolute atomic E-state index is 0.00379. The molecule has 0 aliphatic carbocycles. The summed E-state index contributed by atoms with van der Waals surface area (Å²) in [6.45, 7) is 4.81. The van der Waals surface area contributed by atoms with Crippen LogP contribution < -0.4 is 5.73 Å². The number of nitrogen functional groups attached to an aromatic ring is 1. The highest BCUT2D eigenvalue weighted by atomic mass is 35.5. The number of anilines is 1. The van der Waals surface area contributed by atoms with E-state index in [4.69, 9.17) is 38.8 Å². The van der Waals surface area contributed by atoms with Crippen molar-refractivity contribution in [1.29, 1.82) is 0 Å². The number of nitrogens with zero attached hydrogens (tertiary/aromatic N) is 3. The first kappa shape index (κ1) is 18.9. The Morgan fingerprint density at radius 3 is 2.67 bits per heavy atom. The quantitative estimate of drug-likeness (QED) is 0.727. The van der Waals surface area contributed by atoms with Gasteiger partial charge in [-0.05, 0) is 11.5 Å². The van der Waals surface area contributed by atoms with Crippen molar-refractivity contribution in [3.63, 3.8) is 0 Å². The fourth-order valence-electron chi connectivity index (χ4n) is 2.22. The van der Waals surface area contributed by atoms with Crippen LogP contribution in [0.5, 0.6) is 0 Å². The van der Waals surface area contributed by atoms with Crippen LogP contribution in [0.15, 0.2) is 18.2 Å². The summed E-state index contributed by atoms with van der Waals surface area (Å²) in [5, 5.41) is 17.9. The summed E-state index contributed by atoms with van der Waals surface area (Å²) in [7, 11) is 0. The number of aliphatic hydroxyl groups is 1. The first-order valence-corrected chi connectivity index (χ1v) is 8.22. The van der Waals surface area contributed by atoms with Crippen LogP contribution in [0.2, 0.25) is 10.0 Å². The second kappa shape index (κ2) is 8.07. The first-order valence-electron chi connectivity index (χ1n) is 7.46. The van der Waals surface area contributed by atoms with Crippen LogP contribution in [0.1, 0.15) is 19.7 Å². The van der Waals surface area contributed by atoms with Gasteiger partial charge in [0.1, 0.15) is 5.69 Å². The molecule has 2 aromatic rings. The molecule has 0 saturated heterocycles. The maximum Gasteiger partial charge on any atom is 0.154 e. The summed E-state index contributed by atoms with van der Waals surface area (Å²) in [5.74, 6) is 0.767. The molecule has 0 spiro atoms. The van der Waals surface area contributed by atoms with Crippen LogP contribution >= 0.6 is 23.2 Å². The van der Waals surface area contributed by atoms with Crippen molar-refractivity contribution in [3.05, 3.63) is 34.1 Å². The standard InChI is InChI=1S/C16H20Cl2N4O2/c1-16(2,9-24-7-6-23)8-12-20-15(19)14(22-21-12)10-4-3-5-11(17)13(10)18/h3-5,23H,6-9H2,1-2H3,(H2,19,20,21). The number of ether oxygens (including phenoxy) is 1. The van der Waals surface area contributed by atoms with Crippen molar-refractivity contribution >= 4 is 29.0 Å². The molecule has 1 aromatic heterocycles. The molecule has 0 atom stereocenters. The third-order valence-electron chi connectivity index (χ3n) is 3.33. The molecule has 8 heteroatoms. The lowest BCUT2D eigenvalue weighted by Crippen LogP contribution is -2.24. The predicted molar refractivity (Wildman–Crippen MR) is 95.1 cm³/mol. The molecule has 3 N–H and O–H groups in total. The molecule has 0 bridgehead atoms. The van der Waals surface area contributed by atoms with Crippen LogP contribution in [-0.4, -0.2) is 40.1 Å². The molecule has 0 aliphatic rings. The maximum absolute atomic E-state index is 8.77. The third-order valence-corrected chi connectivity index (χ3v) is 4.15. The number of aromatic nitrogens is 3. The van der Waals surface area contributed by atoms with E-state index in [0.29, 0.717) is 46.8 Å². The zero-order valence-corrected chi connectivity index (χ0v) is 15.1. The lowest BCUT2D eigenvalue weighted by atomic mass is 9.90. The van der Waals surface area contributed by atoms with Gasteiger partial charge in [-0.2, -0.15) is 0 Å². The van der Waals surface area contributed by atoms with Crippen molar-refractivity contribution in [2.45, 2.75) is 20.3 Å². The molecular weight excluding hydrogens is 351 g/mol. The largest absolute Gasteiger partial charge is 0.394 e. The molecule has 0 aliphatic heterocycles. The van der Waals surface area contributed by atoms with E-state index in [-0.39, 0.29) is 17.8 Å². The number of halogens is 2. The number of hydrogen-bond acceptors (Lipinski definition) is 6. The second-order valence-electron chi connectivity index (χ2n) is 6.18. The highest BCUT2D eigenvalue weighted by Gasteiger charge is 2.22. The zero-order chi connectivity index (χ0) is 17.7. The van der Waals surface area contributed by atoms with E-state index in [1.165, 1.54) is 0 Å². The van der Waals surface area contributed by atoms with Gasteiger partial charge in [0.15, 0.2) is 11.6 Å². The number of hydrogen-bond donors (Lipinski definition) is 2. The fourth-order valence-corrected chi connectivity index (χ4v) is 2.61. The first-order chi connectivity index (χ1) is 11.3. The number of aliphatic hydroxyl groups excluding tert-OH is 1. The Labute approximate surface area is 151 Å². The van der Waals surface area contributed by atoms with Gasteiger partial charge in [-0.25, -0.2) is 4.98 Å². The maximum atomic E-state index is 8.77. The van der Waals surface area contributed by atoms with E-state index in [1.807, 2.05) is 13.8 Å². The molecule has 6 nitrogen and oxygen atoms in total. The van der Waals surface area contributed by atoms with Crippen molar-refractivity contribution in [1.82, 2.24) is 15.2 Å². The smallest absolute Gasteiger partial charge is 0.154 e. The molecule has 130 valence electrons. The van der Waals surface area contributed by atoms with Gasteiger partial charge >= 0.3 is 0 Å². The molecule has 0 radical (unpaired) electrons. The minimum Gasteiger partial charge on any atom is -0.394 e. The van der Waals surface area contributed by atoms with Gasteiger partial charge < -0.3 is 15.6 Å². The monoisotopic (exact) mass is 370 g/mol. The summed E-state index contributed by atoms with van der Waals surface area (Å²) in [5.41, 5.74) is 6.82. The van der Waals surface area contributed by atoms with Gasteiger partial charge in [0.2, 0.25) is 0 Å². The molecule has 0 saturated carbocycles. The van der Waals surface area contributed by atoms with Gasteiger partial charge in [0.05, 0.1) is 29.9 Å². The highest BCUT2D eigenvalue weighted by Crippen LogP contribution is 2.34. The van der Waals surface area contributed by atoms with Gasteiger partial charge in [0.25, 0.3) is 0 Å². The van der Waals surface area contributed by atoms with E-state index in [2.05, 4.69) is 15.2 Å². The topological polar surface area (TPSA) is 94.2 Å². The minimum atomic E-state index is -0.210. The van der Waals surface area contributed by atoms with E-state index >= 15 is 0 Å². The fraction of sp³-hybridized carbons (Fsp3) is 0.438. The molecular formula is C16H20Cl2N4O2. The zero-order valence-electron chi connectivity index (χ0n) is 13.6. The Kier molecular flexibility index (Phi) is 6.34. The number of benzene rings is 1. The molecule has 0 unspecified atom stereocenters. The Bertz CT molecular complexity index is 710. The van der Waals surface area contributed by atoms with Gasteiger partial charge in [-0.3, -0.25) is 0 Å². The van der Waals surface area contributed by atoms with Crippen molar-refractivity contribution in [3.8, 4) is 11.3 Å². The molecule has 0 amide bonds. The van der Waals surface area contributed by atoms with Crippen molar-refractivity contribution < 1.29 is 9.84 Å². The Hall–Kier alpha value is -1.47. The van der Waals surface area contributed by atoms with Crippen LogP contribution in [0.3, 0.4) is 0 Å². The van der Waals surface area contributed by atoms with Gasteiger partial charge in [0, 0.05) is 12.0 Å². The van der Waals surface area contributed by atoms with Crippen LogP contribution in [0.25, 0.3) is 11.3 Å². The van der Waals surface area contributed by atoms with Gasteiger partial charge in [-0.1, -0.05) is 49.2 Å². The number of nitrogens with two attached hydrogens (primary N) is 1. The average molecular weight is 371 g/mol. The Morgan fingerprint density at radius 2 is 2.00 bits per heavy atom. The molecule has 1 aromatic carbocycles. The van der Waals surface area contributed by atoms with E-state index in [1.54, 1.807) is 18.2 Å². The summed E-state index contributed by atoms with van der Waals surface area (Å²) in [6, 6.07) is 5.22. The van der Waals surface area contributed by atoms with E-state index in [0.717, 1.165) is 0 Å². The Morgan fingerprint density at radius 1 is 1.25 bits per heavy atom. The van der Waals surface area contributed by atoms with E-state index < -0.39 is 0 Å². The lowest BCUT2D eigenvalue weighted by Gasteiger charge is -2.23.